The molecule has 2 fully saturated rings. The molecule has 1 N–H and O–H groups in total. The molecule has 1 saturated heterocycles. The van der Waals surface area contributed by atoms with E-state index in [-0.39, 0.29) is 17.8 Å². The first-order chi connectivity index (χ1) is 10.9. The van der Waals surface area contributed by atoms with Gasteiger partial charge in [0.15, 0.2) is 5.60 Å². The van der Waals surface area contributed by atoms with Crippen LogP contribution in [0, 0.1) is 5.82 Å². The highest BCUT2D eigenvalue weighted by molar-refractivity contribution is 5.85. The standard InChI is InChI=1S/C18H25FN2O2/c1-18(2,23-16-7-3-13(19)4-8-16)17(22)20-14-9-11-21(12-10-14)15-5-6-15/h3-4,7-8,14-15H,5-6,9-12H2,1-2H3,(H,20,22). The Morgan fingerprint density at radius 3 is 2.35 bits per heavy atom. The molecule has 3 rings (SSSR count). The summed E-state index contributed by atoms with van der Waals surface area (Å²) < 4.78 is 18.7. The topological polar surface area (TPSA) is 41.6 Å². The van der Waals surface area contributed by atoms with Gasteiger partial charge in [0.1, 0.15) is 11.6 Å². The molecule has 0 radical (unpaired) electrons. The van der Waals surface area contributed by atoms with Crippen LogP contribution in [0.1, 0.15) is 39.5 Å². The Morgan fingerprint density at radius 2 is 1.78 bits per heavy atom. The molecule has 1 heterocycles. The number of hydrogen-bond acceptors (Lipinski definition) is 3. The van der Waals surface area contributed by atoms with Crippen LogP contribution in [0.3, 0.4) is 0 Å². The lowest BCUT2D eigenvalue weighted by Gasteiger charge is -2.34. The van der Waals surface area contributed by atoms with Crippen LogP contribution in [0.2, 0.25) is 0 Å². The summed E-state index contributed by atoms with van der Waals surface area (Å²) in [4.78, 5) is 15.0. The Balaban J connectivity index is 1.50. The fraction of sp³-hybridized carbons (Fsp3) is 0.611. The predicted molar refractivity (Wildman–Crippen MR) is 86.9 cm³/mol. The lowest BCUT2D eigenvalue weighted by molar-refractivity contribution is -0.135. The van der Waals surface area contributed by atoms with Gasteiger partial charge in [-0.05, 0) is 63.8 Å². The number of ether oxygens (including phenoxy) is 1. The van der Waals surface area contributed by atoms with Crippen molar-refractivity contribution in [1.82, 2.24) is 10.2 Å². The van der Waals surface area contributed by atoms with Crippen molar-refractivity contribution in [1.29, 1.82) is 0 Å². The SMILES string of the molecule is CC(C)(Oc1ccc(F)cc1)C(=O)NC1CCN(C2CC2)CC1. The van der Waals surface area contributed by atoms with Crippen LogP contribution >= 0.6 is 0 Å². The number of nitrogens with one attached hydrogen (secondary N) is 1. The summed E-state index contributed by atoms with van der Waals surface area (Å²) in [6.45, 7) is 5.61. The Hall–Kier alpha value is -1.62. The molecule has 1 aliphatic carbocycles. The zero-order valence-electron chi connectivity index (χ0n) is 13.8. The van der Waals surface area contributed by atoms with Crippen molar-refractivity contribution in [3.63, 3.8) is 0 Å². The van der Waals surface area contributed by atoms with Crippen molar-refractivity contribution in [2.45, 2.75) is 57.2 Å². The van der Waals surface area contributed by atoms with E-state index in [0.29, 0.717) is 5.75 Å². The Morgan fingerprint density at radius 1 is 1.17 bits per heavy atom. The summed E-state index contributed by atoms with van der Waals surface area (Å²) in [6, 6.07) is 6.75. The minimum Gasteiger partial charge on any atom is -0.478 e. The van der Waals surface area contributed by atoms with Crippen molar-refractivity contribution >= 4 is 5.91 Å². The monoisotopic (exact) mass is 320 g/mol. The number of carbonyl (C=O) groups is 1. The van der Waals surface area contributed by atoms with Crippen LogP contribution in [-0.4, -0.2) is 41.6 Å². The first-order valence-corrected chi connectivity index (χ1v) is 8.44. The van der Waals surface area contributed by atoms with Gasteiger partial charge in [-0.25, -0.2) is 4.39 Å². The van der Waals surface area contributed by atoms with E-state index >= 15 is 0 Å². The maximum absolute atomic E-state index is 12.9. The minimum atomic E-state index is -0.981. The summed E-state index contributed by atoms with van der Waals surface area (Å²) in [6.07, 6.45) is 4.65. The molecule has 2 aliphatic rings. The van der Waals surface area contributed by atoms with Gasteiger partial charge in [-0.3, -0.25) is 4.79 Å². The summed E-state index contributed by atoms with van der Waals surface area (Å²) in [5, 5.41) is 3.11. The van der Waals surface area contributed by atoms with E-state index in [4.69, 9.17) is 4.74 Å². The van der Waals surface area contributed by atoms with E-state index in [2.05, 4.69) is 10.2 Å². The van der Waals surface area contributed by atoms with Crippen LogP contribution in [0.15, 0.2) is 24.3 Å². The Labute approximate surface area is 137 Å². The molecule has 1 aliphatic heterocycles. The van der Waals surface area contributed by atoms with E-state index in [1.165, 1.54) is 25.0 Å². The quantitative estimate of drug-likeness (QED) is 0.907. The highest BCUT2D eigenvalue weighted by Gasteiger charge is 2.35. The summed E-state index contributed by atoms with van der Waals surface area (Å²) in [7, 11) is 0. The molecule has 0 spiro atoms. The number of likely N-dealkylation sites (tertiary alicyclic amines) is 1. The third-order valence-electron chi connectivity index (χ3n) is 4.66. The number of amides is 1. The average Bonchev–Trinajstić information content (AvgIpc) is 3.35. The fourth-order valence-electron chi connectivity index (χ4n) is 3.05. The third kappa shape index (κ3) is 4.22. The van der Waals surface area contributed by atoms with E-state index in [1.807, 2.05) is 0 Å². The Bertz CT molecular complexity index is 547. The summed E-state index contributed by atoms with van der Waals surface area (Å²) >= 11 is 0. The lowest BCUT2D eigenvalue weighted by atomic mass is 10.0. The van der Waals surface area contributed by atoms with Gasteiger partial charge in [0.2, 0.25) is 0 Å². The summed E-state index contributed by atoms with van der Waals surface area (Å²) in [5.74, 6) is 0.0591. The van der Waals surface area contributed by atoms with Crippen molar-refractivity contribution in [2.24, 2.45) is 0 Å². The molecular formula is C18H25FN2O2. The molecule has 1 saturated carbocycles. The molecule has 126 valence electrons. The second kappa shape index (κ2) is 6.48. The Kier molecular flexibility index (Phi) is 4.57. The molecule has 0 aromatic heterocycles. The number of hydrogen-bond donors (Lipinski definition) is 1. The largest absolute Gasteiger partial charge is 0.478 e. The molecule has 0 atom stereocenters. The maximum Gasteiger partial charge on any atom is 0.263 e. The van der Waals surface area contributed by atoms with Crippen LogP contribution < -0.4 is 10.1 Å². The molecule has 0 bridgehead atoms. The van der Waals surface area contributed by atoms with Gasteiger partial charge in [0.05, 0.1) is 0 Å². The molecule has 1 aromatic carbocycles. The number of carbonyl (C=O) groups excluding carboxylic acids is 1. The van der Waals surface area contributed by atoms with E-state index in [1.54, 1.807) is 26.0 Å². The number of rotatable bonds is 5. The second-order valence-electron chi connectivity index (χ2n) is 7.08. The average molecular weight is 320 g/mol. The van der Waals surface area contributed by atoms with E-state index < -0.39 is 5.60 Å². The van der Waals surface area contributed by atoms with E-state index in [0.717, 1.165) is 32.0 Å². The van der Waals surface area contributed by atoms with Crippen molar-refractivity contribution in [3.8, 4) is 5.75 Å². The van der Waals surface area contributed by atoms with Gasteiger partial charge >= 0.3 is 0 Å². The van der Waals surface area contributed by atoms with Gasteiger partial charge in [-0.1, -0.05) is 0 Å². The third-order valence-corrected chi connectivity index (χ3v) is 4.66. The van der Waals surface area contributed by atoms with Crippen molar-refractivity contribution in [3.05, 3.63) is 30.1 Å². The highest BCUT2D eigenvalue weighted by atomic mass is 19.1. The molecule has 5 heteroatoms. The predicted octanol–water partition coefficient (Wildman–Crippen LogP) is 2.73. The number of nitrogens with zero attached hydrogens (tertiary/aromatic N) is 1. The van der Waals surface area contributed by atoms with Crippen LogP contribution in [-0.2, 0) is 4.79 Å². The maximum atomic E-state index is 12.9. The molecular weight excluding hydrogens is 295 g/mol. The lowest BCUT2D eigenvalue weighted by Crippen LogP contribution is -2.53. The fourth-order valence-corrected chi connectivity index (χ4v) is 3.05. The number of piperidine rings is 1. The molecule has 1 aromatic rings. The van der Waals surface area contributed by atoms with Gasteiger partial charge in [-0.2, -0.15) is 0 Å². The zero-order chi connectivity index (χ0) is 16.4. The zero-order valence-corrected chi connectivity index (χ0v) is 13.8. The van der Waals surface area contributed by atoms with Gasteiger partial charge in [-0.15, -0.1) is 0 Å². The first kappa shape index (κ1) is 16.2. The highest BCUT2D eigenvalue weighted by Crippen LogP contribution is 2.29. The molecule has 4 nitrogen and oxygen atoms in total. The number of benzene rings is 1. The molecule has 0 unspecified atom stereocenters. The van der Waals surface area contributed by atoms with Gasteiger partial charge in [0, 0.05) is 25.2 Å². The van der Waals surface area contributed by atoms with Crippen molar-refractivity contribution in [2.75, 3.05) is 13.1 Å². The van der Waals surface area contributed by atoms with Crippen LogP contribution in [0.5, 0.6) is 5.75 Å². The van der Waals surface area contributed by atoms with E-state index in [9.17, 15) is 9.18 Å². The number of halogens is 1. The summed E-state index contributed by atoms with van der Waals surface area (Å²) in [5.41, 5.74) is -0.981. The van der Waals surface area contributed by atoms with Gasteiger partial charge < -0.3 is 15.0 Å². The van der Waals surface area contributed by atoms with Crippen LogP contribution in [0.25, 0.3) is 0 Å². The molecule has 23 heavy (non-hydrogen) atoms. The molecule has 1 amide bonds. The first-order valence-electron chi connectivity index (χ1n) is 8.44. The normalized spacial score (nSPS) is 20.3. The smallest absolute Gasteiger partial charge is 0.263 e. The van der Waals surface area contributed by atoms with Crippen LogP contribution in [0.4, 0.5) is 4.39 Å². The second-order valence-corrected chi connectivity index (χ2v) is 7.08. The van der Waals surface area contributed by atoms with Crippen molar-refractivity contribution < 1.29 is 13.9 Å². The minimum absolute atomic E-state index is 0.119. The van der Waals surface area contributed by atoms with Gasteiger partial charge in [0.25, 0.3) is 5.91 Å².